The van der Waals surface area contributed by atoms with Gasteiger partial charge in [0.15, 0.2) is 5.69 Å². The third kappa shape index (κ3) is 2.36. The van der Waals surface area contributed by atoms with Gasteiger partial charge in [0.2, 0.25) is 0 Å². The lowest BCUT2D eigenvalue weighted by atomic mass is 10.3. The highest BCUT2D eigenvalue weighted by atomic mass is 16.2. The second-order valence-corrected chi connectivity index (χ2v) is 3.56. The van der Waals surface area contributed by atoms with Crippen LogP contribution in [0.2, 0.25) is 0 Å². The number of aromatic amines is 1. The number of amides is 1. The minimum Gasteiger partial charge on any atom is -0.395 e. The summed E-state index contributed by atoms with van der Waals surface area (Å²) in [5.41, 5.74) is 13.0. The summed E-state index contributed by atoms with van der Waals surface area (Å²) in [6, 6.07) is 9.28. The molecule has 0 aliphatic carbocycles. The van der Waals surface area contributed by atoms with E-state index in [-0.39, 0.29) is 11.6 Å². The first kappa shape index (κ1) is 11.0. The summed E-state index contributed by atoms with van der Waals surface area (Å²) < 4.78 is 0. The number of nitrogens with one attached hydrogen (secondary N) is 3. The van der Waals surface area contributed by atoms with Crippen molar-refractivity contribution < 1.29 is 4.79 Å². The highest BCUT2D eigenvalue weighted by Crippen LogP contribution is 2.12. The van der Waals surface area contributed by atoms with Gasteiger partial charge in [0.05, 0.1) is 17.1 Å². The van der Waals surface area contributed by atoms with Gasteiger partial charge in [-0.15, -0.1) is 0 Å². The van der Waals surface area contributed by atoms with Crippen LogP contribution in [0, 0.1) is 6.92 Å². The molecular formula is C11H13N5O. The fraction of sp³-hybridized carbons (Fsp3) is 0.0909. The van der Waals surface area contributed by atoms with Crippen molar-refractivity contribution in [3.63, 3.8) is 0 Å². The first-order chi connectivity index (χ1) is 8.18. The Morgan fingerprint density at radius 3 is 2.65 bits per heavy atom. The van der Waals surface area contributed by atoms with Crippen LogP contribution in [-0.2, 0) is 0 Å². The Bertz CT molecular complexity index is 520. The molecule has 1 aromatic heterocycles. The number of nitrogen functional groups attached to an aromatic ring is 1. The lowest BCUT2D eigenvalue weighted by Crippen LogP contribution is -2.30. The first-order valence-electron chi connectivity index (χ1n) is 5.10. The summed E-state index contributed by atoms with van der Waals surface area (Å²) in [6.07, 6.45) is 0. The molecule has 6 heteroatoms. The number of nitrogens with two attached hydrogens (primary N) is 1. The number of aryl methyl sites for hydroxylation is 1. The number of nitrogens with zero attached hydrogens (tertiary/aromatic N) is 1. The van der Waals surface area contributed by atoms with Crippen molar-refractivity contribution in [2.75, 3.05) is 11.2 Å². The summed E-state index contributed by atoms with van der Waals surface area (Å²) in [7, 11) is 0. The van der Waals surface area contributed by atoms with E-state index in [4.69, 9.17) is 5.73 Å². The van der Waals surface area contributed by atoms with Crippen LogP contribution in [0.5, 0.6) is 0 Å². The maximum Gasteiger partial charge on any atom is 0.292 e. The van der Waals surface area contributed by atoms with E-state index in [0.717, 1.165) is 5.69 Å². The number of H-pyrrole nitrogens is 1. The van der Waals surface area contributed by atoms with Crippen molar-refractivity contribution in [1.82, 2.24) is 15.6 Å². The average molecular weight is 231 g/mol. The fourth-order valence-electron chi connectivity index (χ4n) is 1.32. The summed E-state index contributed by atoms with van der Waals surface area (Å²) in [5, 5.41) is 6.48. The molecule has 0 unspecified atom stereocenters. The zero-order chi connectivity index (χ0) is 12.3. The molecule has 0 fully saturated rings. The van der Waals surface area contributed by atoms with E-state index in [9.17, 15) is 4.79 Å². The monoisotopic (exact) mass is 231 g/mol. The molecule has 1 amide bonds. The largest absolute Gasteiger partial charge is 0.395 e. The van der Waals surface area contributed by atoms with Gasteiger partial charge in [0.25, 0.3) is 5.91 Å². The molecule has 0 aliphatic rings. The van der Waals surface area contributed by atoms with Crippen molar-refractivity contribution in [2.45, 2.75) is 6.92 Å². The number of para-hydroxylation sites is 1. The number of carbonyl (C=O) groups excluding carboxylic acids is 1. The van der Waals surface area contributed by atoms with Crippen LogP contribution < -0.4 is 16.6 Å². The molecule has 1 aromatic carbocycles. The average Bonchev–Trinajstić information content (AvgIpc) is 2.69. The van der Waals surface area contributed by atoms with Gasteiger partial charge in [0.1, 0.15) is 0 Å². The van der Waals surface area contributed by atoms with Gasteiger partial charge in [-0.05, 0) is 19.1 Å². The van der Waals surface area contributed by atoms with E-state index < -0.39 is 0 Å². The Morgan fingerprint density at radius 2 is 2.06 bits per heavy atom. The minimum absolute atomic E-state index is 0.186. The predicted octanol–water partition coefficient (Wildman–Crippen LogP) is 1.06. The molecular weight excluding hydrogens is 218 g/mol. The van der Waals surface area contributed by atoms with E-state index in [2.05, 4.69) is 21.0 Å². The predicted molar refractivity (Wildman–Crippen MR) is 65.3 cm³/mol. The van der Waals surface area contributed by atoms with E-state index in [0.29, 0.717) is 11.4 Å². The van der Waals surface area contributed by atoms with Crippen LogP contribution in [0.4, 0.5) is 11.4 Å². The number of hydrazine groups is 1. The Morgan fingerprint density at radius 1 is 1.35 bits per heavy atom. The number of hydrogen-bond acceptors (Lipinski definition) is 4. The summed E-state index contributed by atoms with van der Waals surface area (Å²) in [5.74, 6) is -0.379. The molecule has 1 heterocycles. The molecule has 0 saturated carbocycles. The van der Waals surface area contributed by atoms with Crippen LogP contribution >= 0.6 is 0 Å². The standard InChI is InChI=1S/C11H13N5O/c1-7-9(12)10(15-13-7)11(17)16-14-8-5-3-2-4-6-8/h2-6,14H,12H2,1H3,(H,13,15)(H,16,17). The number of benzene rings is 1. The molecule has 0 aliphatic heterocycles. The van der Waals surface area contributed by atoms with Gasteiger partial charge in [-0.2, -0.15) is 5.10 Å². The van der Waals surface area contributed by atoms with Crippen molar-refractivity contribution in [3.05, 3.63) is 41.7 Å². The lowest BCUT2D eigenvalue weighted by molar-refractivity contribution is 0.0958. The Labute approximate surface area is 98.2 Å². The molecule has 0 radical (unpaired) electrons. The van der Waals surface area contributed by atoms with Crippen molar-refractivity contribution in [3.8, 4) is 0 Å². The van der Waals surface area contributed by atoms with Gasteiger partial charge in [0, 0.05) is 0 Å². The van der Waals surface area contributed by atoms with Crippen LogP contribution in [0.15, 0.2) is 30.3 Å². The number of anilines is 2. The normalized spacial score (nSPS) is 9.94. The van der Waals surface area contributed by atoms with Gasteiger partial charge in [-0.3, -0.25) is 20.7 Å². The SMILES string of the molecule is Cc1[nH]nc(C(=O)NNc2ccccc2)c1N. The van der Waals surface area contributed by atoms with Crippen LogP contribution in [0.3, 0.4) is 0 Å². The Hall–Kier alpha value is -2.50. The van der Waals surface area contributed by atoms with E-state index in [1.807, 2.05) is 30.3 Å². The van der Waals surface area contributed by atoms with E-state index in [1.54, 1.807) is 6.92 Å². The highest BCUT2D eigenvalue weighted by molar-refractivity contribution is 5.98. The molecule has 17 heavy (non-hydrogen) atoms. The molecule has 0 saturated heterocycles. The molecule has 6 nitrogen and oxygen atoms in total. The molecule has 0 atom stereocenters. The number of carbonyl (C=O) groups is 1. The van der Waals surface area contributed by atoms with Crippen molar-refractivity contribution in [1.29, 1.82) is 0 Å². The number of rotatable bonds is 3. The minimum atomic E-state index is -0.379. The third-order valence-corrected chi connectivity index (χ3v) is 2.30. The zero-order valence-corrected chi connectivity index (χ0v) is 9.32. The Kier molecular flexibility index (Phi) is 2.95. The van der Waals surface area contributed by atoms with E-state index >= 15 is 0 Å². The summed E-state index contributed by atoms with van der Waals surface area (Å²) in [6.45, 7) is 1.75. The van der Waals surface area contributed by atoms with Gasteiger partial charge in [-0.25, -0.2) is 0 Å². The molecule has 2 rings (SSSR count). The maximum atomic E-state index is 11.7. The molecule has 5 N–H and O–H groups in total. The lowest BCUT2D eigenvalue weighted by Gasteiger charge is -2.06. The number of aromatic nitrogens is 2. The van der Waals surface area contributed by atoms with Gasteiger partial charge >= 0.3 is 0 Å². The summed E-state index contributed by atoms with van der Waals surface area (Å²) >= 11 is 0. The van der Waals surface area contributed by atoms with Crippen LogP contribution in [-0.4, -0.2) is 16.1 Å². The van der Waals surface area contributed by atoms with Gasteiger partial charge in [-0.1, -0.05) is 18.2 Å². The Balaban J connectivity index is 2.01. The van der Waals surface area contributed by atoms with E-state index in [1.165, 1.54) is 0 Å². The topological polar surface area (TPSA) is 95.8 Å². The second-order valence-electron chi connectivity index (χ2n) is 3.56. The van der Waals surface area contributed by atoms with Crippen molar-refractivity contribution >= 4 is 17.3 Å². The quantitative estimate of drug-likeness (QED) is 0.594. The second kappa shape index (κ2) is 4.56. The molecule has 0 bridgehead atoms. The van der Waals surface area contributed by atoms with Gasteiger partial charge < -0.3 is 5.73 Å². The zero-order valence-electron chi connectivity index (χ0n) is 9.32. The van der Waals surface area contributed by atoms with Crippen molar-refractivity contribution in [2.24, 2.45) is 0 Å². The highest BCUT2D eigenvalue weighted by Gasteiger charge is 2.14. The maximum absolute atomic E-state index is 11.7. The smallest absolute Gasteiger partial charge is 0.292 e. The third-order valence-electron chi connectivity index (χ3n) is 2.30. The van der Waals surface area contributed by atoms with Crippen LogP contribution in [0.1, 0.15) is 16.2 Å². The molecule has 0 spiro atoms. The fourth-order valence-corrected chi connectivity index (χ4v) is 1.32. The first-order valence-corrected chi connectivity index (χ1v) is 5.10. The number of hydrogen-bond donors (Lipinski definition) is 4. The molecule has 88 valence electrons. The molecule has 2 aromatic rings. The summed E-state index contributed by atoms with van der Waals surface area (Å²) in [4.78, 5) is 11.7. The van der Waals surface area contributed by atoms with Crippen LogP contribution in [0.25, 0.3) is 0 Å².